The molecule has 5 heteroatoms. The van der Waals surface area contributed by atoms with Gasteiger partial charge in [0.15, 0.2) is 0 Å². The van der Waals surface area contributed by atoms with Gasteiger partial charge >= 0.3 is 0 Å². The fourth-order valence-electron chi connectivity index (χ4n) is 2.30. The molecule has 1 aliphatic rings. The summed E-state index contributed by atoms with van der Waals surface area (Å²) in [6.45, 7) is 0.640. The molecule has 1 aliphatic carbocycles. The van der Waals surface area contributed by atoms with E-state index in [0.717, 1.165) is 31.5 Å². The summed E-state index contributed by atoms with van der Waals surface area (Å²) in [6, 6.07) is 0.506. The third kappa shape index (κ3) is 4.79. The first kappa shape index (κ1) is 14.3. The van der Waals surface area contributed by atoms with Crippen molar-refractivity contribution in [3.05, 3.63) is 23.2 Å². The van der Waals surface area contributed by atoms with Crippen LogP contribution in [-0.4, -0.2) is 27.7 Å². The van der Waals surface area contributed by atoms with Crippen LogP contribution in [0.3, 0.4) is 0 Å². The van der Waals surface area contributed by atoms with Gasteiger partial charge < -0.3 is 10.4 Å². The number of aliphatic hydroxyl groups excluding tert-OH is 1. The van der Waals surface area contributed by atoms with Gasteiger partial charge in [-0.3, -0.25) is 0 Å². The van der Waals surface area contributed by atoms with Gasteiger partial charge in [-0.25, -0.2) is 9.97 Å². The van der Waals surface area contributed by atoms with Crippen molar-refractivity contribution in [3.63, 3.8) is 0 Å². The number of halogens is 1. The lowest BCUT2D eigenvalue weighted by Crippen LogP contribution is -2.33. The quantitative estimate of drug-likeness (QED) is 0.828. The van der Waals surface area contributed by atoms with Crippen LogP contribution in [0.1, 0.15) is 31.5 Å². The Labute approximate surface area is 118 Å². The normalized spacial score (nSPS) is 22.6. The first-order valence-electron chi connectivity index (χ1n) is 6.57. The largest absolute Gasteiger partial charge is 0.384 e. The van der Waals surface area contributed by atoms with Crippen LogP contribution in [0.2, 0.25) is 5.02 Å². The number of nitrogens with one attached hydrogen (secondary N) is 1. The molecule has 102 valence electrons. The van der Waals surface area contributed by atoms with Crippen LogP contribution in [0.15, 0.2) is 12.4 Å². The van der Waals surface area contributed by atoms with Crippen LogP contribution in [0, 0.1) is 17.8 Å². The number of nitrogens with zero attached hydrogens (tertiary/aromatic N) is 2. The number of rotatable bonds is 3. The molecule has 4 nitrogen and oxygen atoms in total. The standard InChI is InChI=1S/C14H18ClN3O/c15-12-8-17-14(18-9-12)10-16-13-5-3-11(4-6-13)2-1-7-19/h8-9,11,13,16,19H,3-7,10H2. The van der Waals surface area contributed by atoms with Crippen LogP contribution >= 0.6 is 11.6 Å². The number of aliphatic hydroxyl groups is 1. The van der Waals surface area contributed by atoms with Crippen molar-refractivity contribution in [1.29, 1.82) is 0 Å². The van der Waals surface area contributed by atoms with Crippen LogP contribution in [0.4, 0.5) is 0 Å². The summed E-state index contributed by atoms with van der Waals surface area (Å²) in [5, 5.41) is 12.7. The Hall–Kier alpha value is -1.15. The molecule has 0 atom stereocenters. The van der Waals surface area contributed by atoms with Gasteiger partial charge in [-0.1, -0.05) is 23.4 Å². The SMILES string of the molecule is OCC#CC1CCC(NCc2ncc(Cl)cn2)CC1. The van der Waals surface area contributed by atoms with Crippen LogP contribution < -0.4 is 5.32 Å². The average molecular weight is 280 g/mol. The minimum Gasteiger partial charge on any atom is -0.384 e. The van der Waals surface area contributed by atoms with Gasteiger partial charge in [0.2, 0.25) is 0 Å². The predicted octanol–water partition coefficient (Wildman–Crippen LogP) is 1.77. The average Bonchev–Trinajstić information content (AvgIpc) is 2.46. The number of hydrogen-bond donors (Lipinski definition) is 2. The second-order valence-corrected chi connectivity index (χ2v) is 5.16. The highest BCUT2D eigenvalue weighted by atomic mass is 35.5. The lowest BCUT2D eigenvalue weighted by Gasteiger charge is -2.26. The second-order valence-electron chi connectivity index (χ2n) is 4.73. The monoisotopic (exact) mass is 279 g/mol. The molecule has 1 aromatic heterocycles. The van der Waals surface area contributed by atoms with Gasteiger partial charge in [-0.15, -0.1) is 0 Å². The summed E-state index contributed by atoms with van der Waals surface area (Å²) in [5.74, 6) is 7.06. The molecule has 1 heterocycles. The molecule has 0 amide bonds. The van der Waals surface area contributed by atoms with E-state index in [9.17, 15) is 0 Å². The molecular weight excluding hydrogens is 262 g/mol. The van der Waals surface area contributed by atoms with Gasteiger partial charge in [-0.05, 0) is 25.7 Å². The minimum absolute atomic E-state index is 0.0356. The maximum absolute atomic E-state index is 8.67. The van der Waals surface area contributed by atoms with Crippen LogP contribution in [0.5, 0.6) is 0 Å². The van der Waals surface area contributed by atoms with Crippen molar-refractivity contribution in [2.75, 3.05) is 6.61 Å². The fraction of sp³-hybridized carbons (Fsp3) is 0.571. The number of hydrogen-bond acceptors (Lipinski definition) is 4. The lowest BCUT2D eigenvalue weighted by molar-refractivity contribution is 0.328. The maximum atomic E-state index is 8.67. The predicted molar refractivity (Wildman–Crippen MR) is 74.5 cm³/mol. The molecule has 0 radical (unpaired) electrons. The highest BCUT2D eigenvalue weighted by molar-refractivity contribution is 6.30. The first-order valence-corrected chi connectivity index (χ1v) is 6.95. The zero-order chi connectivity index (χ0) is 13.5. The highest BCUT2D eigenvalue weighted by Crippen LogP contribution is 2.23. The summed E-state index contributed by atoms with van der Waals surface area (Å²) < 4.78 is 0. The molecule has 2 rings (SSSR count). The molecule has 19 heavy (non-hydrogen) atoms. The molecule has 1 fully saturated rings. The highest BCUT2D eigenvalue weighted by Gasteiger charge is 2.19. The Morgan fingerprint density at radius 2 is 1.95 bits per heavy atom. The smallest absolute Gasteiger partial charge is 0.142 e. The van der Waals surface area contributed by atoms with E-state index in [1.54, 1.807) is 12.4 Å². The van der Waals surface area contributed by atoms with Crippen LogP contribution in [-0.2, 0) is 6.54 Å². The van der Waals surface area contributed by atoms with E-state index < -0.39 is 0 Å². The van der Waals surface area contributed by atoms with Crippen molar-refractivity contribution in [2.45, 2.75) is 38.3 Å². The van der Waals surface area contributed by atoms with E-state index in [1.165, 1.54) is 0 Å². The fourth-order valence-corrected chi connectivity index (χ4v) is 2.40. The van der Waals surface area contributed by atoms with E-state index in [1.807, 2.05) is 0 Å². The van der Waals surface area contributed by atoms with Gasteiger partial charge in [-0.2, -0.15) is 0 Å². The summed E-state index contributed by atoms with van der Waals surface area (Å²) in [6.07, 6.45) is 7.63. The van der Waals surface area contributed by atoms with E-state index in [0.29, 0.717) is 23.5 Å². The Morgan fingerprint density at radius 3 is 2.58 bits per heavy atom. The molecule has 1 saturated carbocycles. The molecule has 0 spiro atoms. The summed E-state index contributed by atoms with van der Waals surface area (Å²) >= 11 is 5.74. The molecule has 0 aromatic carbocycles. The zero-order valence-corrected chi connectivity index (χ0v) is 11.5. The lowest BCUT2D eigenvalue weighted by atomic mass is 9.86. The minimum atomic E-state index is -0.0356. The Kier molecular flexibility index (Phi) is 5.59. The Balaban J connectivity index is 1.72. The third-order valence-electron chi connectivity index (χ3n) is 3.34. The Morgan fingerprint density at radius 1 is 1.26 bits per heavy atom. The first-order chi connectivity index (χ1) is 9.28. The van der Waals surface area contributed by atoms with Gasteiger partial charge in [0, 0.05) is 24.4 Å². The summed E-state index contributed by atoms with van der Waals surface area (Å²) in [4.78, 5) is 8.32. The van der Waals surface area contributed by atoms with E-state index >= 15 is 0 Å². The van der Waals surface area contributed by atoms with Gasteiger partial charge in [0.1, 0.15) is 12.4 Å². The molecule has 0 aliphatic heterocycles. The second kappa shape index (κ2) is 7.44. The zero-order valence-electron chi connectivity index (χ0n) is 10.8. The maximum Gasteiger partial charge on any atom is 0.142 e. The molecule has 0 bridgehead atoms. The van der Waals surface area contributed by atoms with Crippen molar-refractivity contribution in [2.24, 2.45) is 5.92 Å². The number of aromatic nitrogens is 2. The summed E-state index contributed by atoms with van der Waals surface area (Å²) in [5.41, 5.74) is 0. The molecule has 0 unspecified atom stereocenters. The van der Waals surface area contributed by atoms with Crippen molar-refractivity contribution >= 4 is 11.6 Å². The molecular formula is C14H18ClN3O. The topological polar surface area (TPSA) is 58.0 Å². The van der Waals surface area contributed by atoms with E-state index in [4.69, 9.17) is 16.7 Å². The molecule has 0 saturated heterocycles. The third-order valence-corrected chi connectivity index (χ3v) is 3.53. The Bertz CT molecular complexity index is 444. The molecule has 1 aromatic rings. The molecule has 2 N–H and O–H groups in total. The van der Waals surface area contributed by atoms with E-state index in [2.05, 4.69) is 27.1 Å². The summed E-state index contributed by atoms with van der Waals surface area (Å²) in [7, 11) is 0. The van der Waals surface area contributed by atoms with Crippen molar-refractivity contribution < 1.29 is 5.11 Å². The van der Waals surface area contributed by atoms with E-state index in [-0.39, 0.29) is 6.61 Å². The van der Waals surface area contributed by atoms with Crippen LogP contribution in [0.25, 0.3) is 0 Å². The van der Waals surface area contributed by atoms with Crippen molar-refractivity contribution in [1.82, 2.24) is 15.3 Å². The van der Waals surface area contributed by atoms with Gasteiger partial charge in [0.25, 0.3) is 0 Å². The van der Waals surface area contributed by atoms with Crippen molar-refractivity contribution in [3.8, 4) is 11.8 Å². The van der Waals surface area contributed by atoms with Gasteiger partial charge in [0.05, 0.1) is 11.6 Å².